The quantitative estimate of drug-likeness (QED) is 0.318. The first-order valence-corrected chi connectivity index (χ1v) is 9.60. The van der Waals surface area contributed by atoms with Gasteiger partial charge < -0.3 is 28.1 Å². The Balaban J connectivity index is 1.62. The van der Waals surface area contributed by atoms with Crippen molar-refractivity contribution in [2.75, 3.05) is 21.3 Å². The fraction of sp³-hybridized carbons (Fsp3) is 0.167. The van der Waals surface area contributed by atoms with Gasteiger partial charge in [-0.15, -0.1) is 0 Å². The van der Waals surface area contributed by atoms with E-state index in [1.807, 2.05) is 0 Å². The van der Waals surface area contributed by atoms with E-state index < -0.39 is 5.97 Å². The number of fused-ring (bicyclic) bond motifs is 1. The average Bonchev–Trinajstić information content (AvgIpc) is 3.43. The van der Waals surface area contributed by atoms with Crippen molar-refractivity contribution in [2.24, 2.45) is 0 Å². The van der Waals surface area contributed by atoms with E-state index in [2.05, 4.69) is 0 Å². The summed E-state index contributed by atoms with van der Waals surface area (Å²) < 4.78 is 32.4. The lowest BCUT2D eigenvalue weighted by atomic mass is 10.1. The molecule has 4 rings (SSSR count). The van der Waals surface area contributed by atoms with E-state index in [9.17, 15) is 9.59 Å². The predicted molar refractivity (Wildman–Crippen MR) is 114 cm³/mol. The van der Waals surface area contributed by atoms with Gasteiger partial charge in [-0.25, -0.2) is 4.79 Å². The van der Waals surface area contributed by atoms with Crippen LogP contribution in [0.5, 0.6) is 28.7 Å². The Labute approximate surface area is 183 Å². The van der Waals surface area contributed by atoms with Gasteiger partial charge in [0.15, 0.2) is 17.3 Å². The third-order valence-corrected chi connectivity index (χ3v) is 4.96. The van der Waals surface area contributed by atoms with Crippen LogP contribution in [-0.4, -0.2) is 33.1 Å². The SMILES string of the molecule is COc1cc(C(=O)Oc2ccc3c(c2C)OC(=Cc2ccco2)C3=O)cc(OC)c1OC. The molecule has 0 spiro atoms. The molecule has 0 atom stereocenters. The van der Waals surface area contributed by atoms with Crippen molar-refractivity contribution in [3.63, 3.8) is 0 Å². The smallest absolute Gasteiger partial charge is 0.343 e. The molecule has 0 unspecified atom stereocenters. The molecule has 0 amide bonds. The summed E-state index contributed by atoms with van der Waals surface area (Å²) in [5.74, 6) is 1.32. The molecule has 2 heterocycles. The fourth-order valence-electron chi connectivity index (χ4n) is 3.34. The molecular weight excluding hydrogens is 416 g/mol. The number of esters is 1. The Morgan fingerprint density at radius 2 is 1.69 bits per heavy atom. The first-order valence-electron chi connectivity index (χ1n) is 9.60. The van der Waals surface area contributed by atoms with Crippen molar-refractivity contribution in [3.8, 4) is 28.7 Å². The number of allylic oxidation sites excluding steroid dienone is 1. The van der Waals surface area contributed by atoms with Crippen LogP contribution in [0.1, 0.15) is 32.0 Å². The highest BCUT2D eigenvalue weighted by atomic mass is 16.5. The van der Waals surface area contributed by atoms with Crippen molar-refractivity contribution < 1.29 is 37.7 Å². The summed E-state index contributed by atoms with van der Waals surface area (Å²) in [7, 11) is 4.39. The molecule has 0 aliphatic carbocycles. The van der Waals surface area contributed by atoms with Crippen molar-refractivity contribution >= 4 is 17.8 Å². The molecule has 2 aromatic carbocycles. The van der Waals surface area contributed by atoms with Crippen LogP contribution in [0, 0.1) is 6.92 Å². The highest BCUT2D eigenvalue weighted by Gasteiger charge is 2.31. The minimum Gasteiger partial charge on any atom is -0.493 e. The zero-order valence-corrected chi connectivity index (χ0v) is 17.9. The average molecular weight is 436 g/mol. The first-order chi connectivity index (χ1) is 15.5. The second kappa shape index (κ2) is 8.50. The van der Waals surface area contributed by atoms with Crippen LogP contribution < -0.4 is 23.7 Å². The molecule has 1 aromatic heterocycles. The summed E-state index contributed by atoms with van der Waals surface area (Å²) >= 11 is 0. The largest absolute Gasteiger partial charge is 0.493 e. The van der Waals surface area contributed by atoms with E-state index in [1.165, 1.54) is 45.8 Å². The van der Waals surface area contributed by atoms with Crippen molar-refractivity contribution in [2.45, 2.75) is 6.92 Å². The predicted octanol–water partition coefficient (Wildman–Crippen LogP) is 4.45. The van der Waals surface area contributed by atoms with E-state index in [1.54, 1.807) is 31.2 Å². The Morgan fingerprint density at radius 3 is 2.28 bits per heavy atom. The highest BCUT2D eigenvalue weighted by Crippen LogP contribution is 2.41. The Kier molecular flexibility index (Phi) is 5.59. The number of Topliss-reactive ketones (excluding diaryl/α,β-unsaturated/α-hetero) is 1. The molecule has 0 saturated carbocycles. The topological polar surface area (TPSA) is 93.4 Å². The van der Waals surface area contributed by atoms with E-state index in [0.29, 0.717) is 39.9 Å². The third kappa shape index (κ3) is 3.66. The highest BCUT2D eigenvalue weighted by molar-refractivity contribution is 6.14. The summed E-state index contributed by atoms with van der Waals surface area (Å²) in [4.78, 5) is 25.5. The van der Waals surface area contributed by atoms with E-state index >= 15 is 0 Å². The zero-order chi connectivity index (χ0) is 22.8. The molecule has 1 aliphatic rings. The van der Waals surface area contributed by atoms with E-state index in [0.717, 1.165) is 0 Å². The molecule has 1 aliphatic heterocycles. The monoisotopic (exact) mass is 436 g/mol. The number of hydrogen-bond donors (Lipinski definition) is 0. The number of carbonyl (C=O) groups excluding carboxylic acids is 2. The second-order valence-electron chi connectivity index (χ2n) is 6.82. The summed E-state index contributed by atoms with van der Waals surface area (Å²) in [6.45, 7) is 1.71. The van der Waals surface area contributed by atoms with Crippen molar-refractivity contribution in [1.82, 2.24) is 0 Å². The number of ketones is 1. The minimum absolute atomic E-state index is 0.131. The maximum Gasteiger partial charge on any atom is 0.343 e. The van der Waals surface area contributed by atoms with Gasteiger partial charge in [0.2, 0.25) is 11.5 Å². The maximum absolute atomic E-state index is 12.8. The van der Waals surface area contributed by atoms with Crippen LogP contribution in [0.3, 0.4) is 0 Å². The minimum atomic E-state index is -0.636. The van der Waals surface area contributed by atoms with Gasteiger partial charge in [-0.1, -0.05) is 0 Å². The van der Waals surface area contributed by atoms with Gasteiger partial charge in [-0.2, -0.15) is 0 Å². The van der Waals surface area contributed by atoms with Crippen molar-refractivity contribution in [1.29, 1.82) is 0 Å². The number of rotatable bonds is 6. The van der Waals surface area contributed by atoms with Crippen LogP contribution in [-0.2, 0) is 0 Å². The molecule has 0 fully saturated rings. The first kappa shape index (κ1) is 21.0. The lowest BCUT2D eigenvalue weighted by Gasteiger charge is -2.14. The summed E-state index contributed by atoms with van der Waals surface area (Å²) in [5, 5.41) is 0. The van der Waals surface area contributed by atoms with Crippen LogP contribution in [0.2, 0.25) is 0 Å². The Bertz CT molecular complexity index is 1200. The van der Waals surface area contributed by atoms with Crippen LogP contribution >= 0.6 is 0 Å². The maximum atomic E-state index is 12.8. The van der Waals surface area contributed by atoms with Crippen LogP contribution in [0.15, 0.2) is 52.8 Å². The number of furan rings is 1. The van der Waals surface area contributed by atoms with Crippen LogP contribution in [0.4, 0.5) is 0 Å². The Morgan fingerprint density at radius 1 is 0.969 bits per heavy atom. The lowest BCUT2D eigenvalue weighted by molar-refractivity contribution is 0.0732. The molecule has 8 heteroatoms. The molecule has 8 nitrogen and oxygen atoms in total. The number of hydrogen-bond acceptors (Lipinski definition) is 8. The fourth-order valence-corrected chi connectivity index (χ4v) is 3.34. The molecule has 0 saturated heterocycles. The summed E-state index contributed by atoms with van der Waals surface area (Å²) in [6.07, 6.45) is 3.02. The number of benzene rings is 2. The molecule has 0 radical (unpaired) electrons. The second-order valence-corrected chi connectivity index (χ2v) is 6.82. The van der Waals surface area contributed by atoms with Gasteiger partial charge in [-0.3, -0.25) is 4.79 Å². The van der Waals surface area contributed by atoms with Gasteiger partial charge in [0.1, 0.15) is 17.3 Å². The standard InChI is InChI=1S/C24H20O8/c1-13-17(32-24(26)14-10-19(27-2)23(29-4)20(11-14)28-3)8-7-16-21(25)18(31-22(13)16)12-15-6-5-9-30-15/h5-12H,1-4H3. The summed E-state index contributed by atoms with van der Waals surface area (Å²) in [5.41, 5.74) is 1.10. The number of carbonyl (C=O) groups is 2. The normalized spacial score (nSPS) is 13.5. The third-order valence-electron chi connectivity index (χ3n) is 4.96. The Hall–Kier alpha value is -4.20. The molecule has 164 valence electrons. The number of ether oxygens (including phenoxy) is 5. The van der Waals surface area contributed by atoms with Gasteiger partial charge in [0.25, 0.3) is 0 Å². The molecular formula is C24H20O8. The lowest BCUT2D eigenvalue weighted by Crippen LogP contribution is -2.10. The van der Waals surface area contributed by atoms with Gasteiger partial charge in [0, 0.05) is 11.6 Å². The van der Waals surface area contributed by atoms with Gasteiger partial charge >= 0.3 is 5.97 Å². The molecule has 3 aromatic rings. The van der Waals surface area contributed by atoms with Crippen LogP contribution in [0.25, 0.3) is 6.08 Å². The number of methoxy groups -OCH3 is 3. The molecule has 32 heavy (non-hydrogen) atoms. The van der Waals surface area contributed by atoms with E-state index in [-0.39, 0.29) is 22.9 Å². The summed E-state index contributed by atoms with van der Waals surface area (Å²) in [6, 6.07) is 9.54. The molecule has 0 bridgehead atoms. The van der Waals surface area contributed by atoms with E-state index in [4.69, 9.17) is 28.1 Å². The van der Waals surface area contributed by atoms with Gasteiger partial charge in [-0.05, 0) is 43.3 Å². The molecule has 0 N–H and O–H groups in total. The zero-order valence-electron chi connectivity index (χ0n) is 17.9. The van der Waals surface area contributed by atoms with Gasteiger partial charge in [0.05, 0.1) is 38.7 Å². The van der Waals surface area contributed by atoms with Crippen molar-refractivity contribution in [3.05, 3.63) is 70.9 Å².